The summed E-state index contributed by atoms with van der Waals surface area (Å²) in [7, 11) is 3.99. The number of fused-ring (bicyclic) bond motifs is 1. The molecular weight excluding hydrogens is 512 g/mol. The number of benzene rings is 3. The van der Waals surface area contributed by atoms with Crippen LogP contribution in [0.4, 0.5) is 23.1 Å². The largest absolute Gasteiger partial charge is 0.362 e. The quantitative estimate of drug-likeness (QED) is 0.276. The number of para-hydroxylation sites is 2. The molecule has 0 bridgehead atoms. The van der Waals surface area contributed by atoms with Crippen LogP contribution in [0.2, 0.25) is 0 Å². The molecule has 0 aliphatic heterocycles. The zero-order chi connectivity index (χ0) is 28.3. The van der Waals surface area contributed by atoms with Gasteiger partial charge in [0.1, 0.15) is 5.82 Å². The van der Waals surface area contributed by atoms with Crippen molar-refractivity contribution in [1.29, 1.82) is 0 Å². The van der Waals surface area contributed by atoms with Gasteiger partial charge in [-0.3, -0.25) is 9.59 Å². The minimum Gasteiger partial charge on any atom is -0.362 e. The number of amides is 2. The predicted molar refractivity (Wildman–Crippen MR) is 165 cm³/mol. The van der Waals surface area contributed by atoms with E-state index in [2.05, 4.69) is 10.6 Å². The minimum atomic E-state index is -0.0522. The summed E-state index contributed by atoms with van der Waals surface area (Å²) in [6.45, 7) is 0. The summed E-state index contributed by atoms with van der Waals surface area (Å²) in [6.07, 6.45) is 5.37. The SMILES string of the molecule is CN(C)c1nc(NC2CCC(N(C(=O)c3cccc(NC(=O)C4CC4)c3)c3ccccc3)CC2)nc2ccccc12. The summed E-state index contributed by atoms with van der Waals surface area (Å²) in [5.41, 5.74) is 3.04. The van der Waals surface area contributed by atoms with Gasteiger partial charge in [-0.05, 0) is 81.0 Å². The van der Waals surface area contributed by atoms with Crippen LogP contribution in [-0.4, -0.2) is 48.0 Å². The molecule has 210 valence electrons. The van der Waals surface area contributed by atoms with E-state index < -0.39 is 0 Å². The Morgan fingerprint density at radius 1 is 0.805 bits per heavy atom. The standard InChI is InChI=1S/C33H36N6O2/c1-38(2)30-28-13-6-7-14-29(28)36-33(37-30)35-24-17-19-27(20-18-24)39(26-11-4-3-5-12-26)32(41)23-9-8-10-25(21-23)34-31(40)22-15-16-22/h3-14,21-22,24,27H,15-20H2,1-2H3,(H,34,40)(H,35,36,37). The number of nitrogens with one attached hydrogen (secondary N) is 2. The van der Waals surface area contributed by atoms with Crippen molar-refractivity contribution in [2.24, 2.45) is 5.92 Å². The van der Waals surface area contributed by atoms with Gasteiger partial charge in [0.05, 0.1) is 5.52 Å². The maximum Gasteiger partial charge on any atom is 0.258 e. The molecule has 1 heterocycles. The monoisotopic (exact) mass is 548 g/mol. The highest BCUT2D eigenvalue weighted by Crippen LogP contribution is 2.33. The molecule has 8 heteroatoms. The van der Waals surface area contributed by atoms with Gasteiger partial charge in [-0.15, -0.1) is 0 Å². The maximum atomic E-state index is 14.0. The Labute approximate surface area is 240 Å². The molecule has 41 heavy (non-hydrogen) atoms. The van der Waals surface area contributed by atoms with Crippen molar-refractivity contribution in [3.8, 4) is 0 Å². The summed E-state index contributed by atoms with van der Waals surface area (Å²) >= 11 is 0. The van der Waals surface area contributed by atoms with Crippen LogP contribution in [0.1, 0.15) is 48.9 Å². The second-order valence-electron chi connectivity index (χ2n) is 11.3. The van der Waals surface area contributed by atoms with E-state index in [0.717, 1.165) is 60.9 Å². The Bertz CT molecular complexity index is 1540. The fraction of sp³-hybridized carbons (Fsp3) is 0.333. The van der Waals surface area contributed by atoms with Crippen LogP contribution in [0.5, 0.6) is 0 Å². The molecule has 8 nitrogen and oxygen atoms in total. The van der Waals surface area contributed by atoms with Gasteiger partial charge >= 0.3 is 0 Å². The van der Waals surface area contributed by atoms with Gasteiger partial charge in [-0.2, -0.15) is 4.98 Å². The normalized spacial score (nSPS) is 18.5. The number of nitrogens with zero attached hydrogens (tertiary/aromatic N) is 4. The third kappa shape index (κ3) is 6.01. The highest BCUT2D eigenvalue weighted by Gasteiger charge is 2.32. The van der Waals surface area contributed by atoms with E-state index in [-0.39, 0.29) is 29.8 Å². The summed E-state index contributed by atoms with van der Waals surface area (Å²) in [5, 5.41) is 7.58. The molecule has 2 saturated carbocycles. The van der Waals surface area contributed by atoms with Crippen molar-refractivity contribution in [2.75, 3.05) is 34.5 Å². The van der Waals surface area contributed by atoms with Crippen molar-refractivity contribution in [1.82, 2.24) is 9.97 Å². The van der Waals surface area contributed by atoms with Gasteiger partial charge in [0.25, 0.3) is 5.91 Å². The maximum absolute atomic E-state index is 14.0. The molecule has 2 amide bonds. The van der Waals surface area contributed by atoms with Crippen molar-refractivity contribution in [2.45, 2.75) is 50.6 Å². The lowest BCUT2D eigenvalue weighted by molar-refractivity contribution is -0.117. The van der Waals surface area contributed by atoms with Gasteiger partial charge in [0, 0.05) is 54.4 Å². The van der Waals surface area contributed by atoms with Crippen LogP contribution in [0.3, 0.4) is 0 Å². The Morgan fingerprint density at radius 2 is 1.54 bits per heavy atom. The highest BCUT2D eigenvalue weighted by molar-refractivity contribution is 6.07. The van der Waals surface area contributed by atoms with Crippen LogP contribution in [0, 0.1) is 5.92 Å². The molecule has 2 fully saturated rings. The second-order valence-corrected chi connectivity index (χ2v) is 11.3. The zero-order valence-electron chi connectivity index (χ0n) is 23.6. The van der Waals surface area contributed by atoms with Gasteiger partial charge in [-0.25, -0.2) is 4.98 Å². The van der Waals surface area contributed by atoms with Crippen LogP contribution in [0.25, 0.3) is 10.9 Å². The third-order valence-electron chi connectivity index (χ3n) is 7.98. The van der Waals surface area contributed by atoms with Gasteiger partial charge in [-0.1, -0.05) is 36.4 Å². The van der Waals surface area contributed by atoms with Crippen molar-refractivity contribution >= 4 is 45.9 Å². The van der Waals surface area contributed by atoms with Crippen molar-refractivity contribution < 1.29 is 9.59 Å². The van der Waals surface area contributed by atoms with Crippen LogP contribution >= 0.6 is 0 Å². The van der Waals surface area contributed by atoms with Crippen LogP contribution in [0.15, 0.2) is 78.9 Å². The lowest BCUT2D eigenvalue weighted by Gasteiger charge is -2.37. The fourth-order valence-corrected chi connectivity index (χ4v) is 5.67. The Kier molecular flexibility index (Phi) is 7.55. The first-order valence-corrected chi connectivity index (χ1v) is 14.5. The first kappa shape index (κ1) is 26.7. The lowest BCUT2D eigenvalue weighted by Crippen LogP contribution is -2.44. The number of hydrogen-bond acceptors (Lipinski definition) is 6. The molecule has 2 aliphatic rings. The number of carbonyl (C=O) groups is 2. The average molecular weight is 549 g/mol. The van der Waals surface area contributed by atoms with E-state index in [9.17, 15) is 9.59 Å². The Morgan fingerprint density at radius 3 is 2.27 bits per heavy atom. The molecule has 2 N–H and O–H groups in total. The van der Waals surface area contributed by atoms with Gasteiger partial charge < -0.3 is 20.4 Å². The van der Waals surface area contributed by atoms with E-state index in [0.29, 0.717) is 17.2 Å². The first-order valence-electron chi connectivity index (χ1n) is 14.5. The first-order chi connectivity index (χ1) is 20.0. The predicted octanol–water partition coefficient (Wildman–Crippen LogP) is 6.11. The summed E-state index contributed by atoms with van der Waals surface area (Å²) in [4.78, 5) is 39.9. The number of anilines is 4. The number of aromatic nitrogens is 2. The molecule has 6 rings (SSSR count). The molecule has 2 aliphatic carbocycles. The summed E-state index contributed by atoms with van der Waals surface area (Å²) in [5.74, 6) is 1.62. The molecule has 0 spiro atoms. The van der Waals surface area contributed by atoms with E-state index in [1.54, 1.807) is 6.07 Å². The smallest absolute Gasteiger partial charge is 0.258 e. The van der Waals surface area contributed by atoms with Crippen molar-refractivity contribution in [3.63, 3.8) is 0 Å². The van der Waals surface area contributed by atoms with Gasteiger partial charge in [0.15, 0.2) is 0 Å². The molecule has 0 atom stereocenters. The zero-order valence-corrected chi connectivity index (χ0v) is 23.6. The summed E-state index contributed by atoms with van der Waals surface area (Å²) in [6, 6.07) is 25.5. The van der Waals surface area contributed by atoms with E-state index in [4.69, 9.17) is 9.97 Å². The fourth-order valence-electron chi connectivity index (χ4n) is 5.67. The molecule has 1 aromatic heterocycles. The lowest BCUT2D eigenvalue weighted by atomic mass is 9.89. The molecule has 0 saturated heterocycles. The number of hydrogen-bond donors (Lipinski definition) is 2. The number of rotatable bonds is 8. The molecule has 0 unspecified atom stereocenters. The van der Waals surface area contributed by atoms with Crippen LogP contribution < -0.4 is 20.4 Å². The molecule has 3 aromatic carbocycles. The number of carbonyl (C=O) groups excluding carboxylic acids is 2. The van der Waals surface area contributed by atoms with E-state index >= 15 is 0 Å². The third-order valence-corrected chi connectivity index (χ3v) is 7.98. The molecular formula is C33H36N6O2. The summed E-state index contributed by atoms with van der Waals surface area (Å²) < 4.78 is 0. The second kappa shape index (κ2) is 11.6. The van der Waals surface area contributed by atoms with Gasteiger partial charge in [0.2, 0.25) is 11.9 Å². The van der Waals surface area contributed by atoms with Crippen molar-refractivity contribution in [3.05, 3.63) is 84.4 Å². The molecule has 4 aromatic rings. The Balaban J connectivity index is 1.18. The topological polar surface area (TPSA) is 90.5 Å². The average Bonchev–Trinajstić information content (AvgIpc) is 3.84. The van der Waals surface area contributed by atoms with Crippen LogP contribution in [-0.2, 0) is 4.79 Å². The van der Waals surface area contributed by atoms with E-state index in [1.165, 1.54) is 0 Å². The highest BCUT2D eigenvalue weighted by atomic mass is 16.2. The minimum absolute atomic E-state index is 0.0356. The van der Waals surface area contributed by atoms with E-state index in [1.807, 2.05) is 96.7 Å². The Hall–Kier alpha value is -4.46. The molecule has 0 radical (unpaired) electrons.